The van der Waals surface area contributed by atoms with E-state index in [1.54, 1.807) is 16.4 Å². The monoisotopic (exact) mass is 671 g/mol. The fraction of sp³-hybridized carbons (Fsp3) is 0.389. The van der Waals surface area contributed by atoms with Gasteiger partial charge in [0.25, 0.3) is 5.91 Å². The van der Waals surface area contributed by atoms with Crippen LogP contribution in [0.5, 0.6) is 11.5 Å². The summed E-state index contributed by atoms with van der Waals surface area (Å²) < 4.78 is 30.1. The van der Waals surface area contributed by atoms with Crippen LogP contribution in [0.1, 0.15) is 50.9 Å². The van der Waals surface area contributed by atoms with Crippen molar-refractivity contribution in [2.75, 3.05) is 37.6 Å². The molecule has 3 aromatic carbocycles. The minimum atomic E-state index is -0.613. The molecule has 2 atom stereocenters. The number of carbonyl (C=O) groups excluding carboxylic acids is 2. The minimum Gasteiger partial charge on any atom is -0.451 e. The molecule has 13 heteroatoms. The summed E-state index contributed by atoms with van der Waals surface area (Å²) in [7, 11) is 0. The Morgan fingerprint density at radius 3 is 2.51 bits per heavy atom. The highest BCUT2D eigenvalue weighted by molar-refractivity contribution is 6.02. The third kappa shape index (κ3) is 6.32. The summed E-state index contributed by atoms with van der Waals surface area (Å²) in [5, 5.41) is 4.67. The Bertz CT molecular complexity index is 2020. The number of piperidine rings is 1. The number of halogens is 1. The summed E-state index contributed by atoms with van der Waals surface area (Å²) in [6, 6.07) is 12.8. The molecule has 2 fully saturated rings. The number of aliphatic imine (C=N–C) groups is 1. The first-order valence-electron chi connectivity index (χ1n) is 16.7. The average Bonchev–Trinajstić information content (AvgIpc) is 3.49. The first-order chi connectivity index (χ1) is 23.5. The number of pyridine rings is 1. The van der Waals surface area contributed by atoms with E-state index < -0.39 is 17.2 Å². The number of benzene rings is 3. The number of likely N-dealkylation sites (tertiary alicyclic amines) is 1. The number of ether oxygens (including phenoxy) is 2. The van der Waals surface area contributed by atoms with Gasteiger partial charge >= 0.3 is 6.09 Å². The molecule has 2 amide bonds. The van der Waals surface area contributed by atoms with Crippen molar-refractivity contribution in [3.05, 3.63) is 70.3 Å². The Morgan fingerprint density at radius 1 is 1.12 bits per heavy atom. The van der Waals surface area contributed by atoms with Gasteiger partial charge in [0.05, 0.1) is 23.2 Å². The molecule has 0 spiro atoms. The van der Waals surface area contributed by atoms with Crippen LogP contribution in [-0.4, -0.2) is 72.3 Å². The van der Waals surface area contributed by atoms with Gasteiger partial charge < -0.3 is 40.6 Å². The lowest BCUT2D eigenvalue weighted by atomic mass is 9.92. The van der Waals surface area contributed by atoms with E-state index in [2.05, 4.69) is 10.3 Å². The standard InChI is InChI=1S/C33H33FN4O5.C3H9N3/c1-4-35-32(40)23-16-38-25-12-19-8-5-6-9-20(19)13-27(25)43-31-28(38)22(30(23)39)14-24(34)29(31)36-15-21-10-7-11-37(26(21)17-36)33(41)42-18(2)3;1-2-6-3(4)5/h5-6,8-9,12-14,16,18,21,26H,4,7,10-11,15,17H2,1-3H3,(H,35,40);2H2,1H3,(H4,4,5,6). The smallest absolute Gasteiger partial charge is 0.410 e. The second kappa shape index (κ2) is 13.7. The molecule has 49 heavy (non-hydrogen) atoms. The molecule has 0 saturated carbocycles. The van der Waals surface area contributed by atoms with Crippen LogP contribution in [0, 0.1) is 11.7 Å². The second-order valence-corrected chi connectivity index (χ2v) is 12.7. The van der Waals surface area contributed by atoms with E-state index in [1.807, 2.05) is 62.1 Å². The van der Waals surface area contributed by atoms with Crippen molar-refractivity contribution in [3.63, 3.8) is 0 Å². The summed E-state index contributed by atoms with van der Waals surface area (Å²) in [4.78, 5) is 46.8. The van der Waals surface area contributed by atoms with Crippen LogP contribution in [0.4, 0.5) is 14.9 Å². The summed E-state index contributed by atoms with van der Waals surface area (Å²) >= 11 is 0. The van der Waals surface area contributed by atoms with Crippen molar-refractivity contribution in [2.24, 2.45) is 22.4 Å². The number of nitrogens with zero attached hydrogens (tertiary/aromatic N) is 4. The SMILES string of the molecule is CCN=C(N)N.CCNC(=O)c1cn2c3c(c(N4CC5CCCN(C(=O)OC(C)C)C5C4)c(F)cc3c1=O)Oc1cc3ccccc3cc1-2. The van der Waals surface area contributed by atoms with Gasteiger partial charge in [-0.3, -0.25) is 14.6 Å². The topological polar surface area (TPSA) is 158 Å². The summed E-state index contributed by atoms with van der Waals surface area (Å²) in [6.07, 6.45) is 2.70. The number of aromatic nitrogens is 1. The Labute approximate surface area is 283 Å². The number of rotatable bonds is 5. The molecule has 7 rings (SSSR count). The number of fused-ring (bicyclic) bond motifs is 4. The zero-order valence-corrected chi connectivity index (χ0v) is 28.2. The lowest BCUT2D eigenvalue weighted by Crippen LogP contribution is -2.49. The fourth-order valence-electron chi connectivity index (χ4n) is 7.04. The van der Waals surface area contributed by atoms with Gasteiger partial charge in [-0.2, -0.15) is 0 Å². The molecular weight excluding hydrogens is 629 g/mol. The quantitative estimate of drug-likeness (QED) is 0.177. The molecule has 2 unspecified atom stereocenters. The number of nitrogens with two attached hydrogens (primary N) is 2. The van der Waals surface area contributed by atoms with Gasteiger partial charge in [-0.25, -0.2) is 9.18 Å². The van der Waals surface area contributed by atoms with Crippen molar-refractivity contribution in [1.82, 2.24) is 14.8 Å². The van der Waals surface area contributed by atoms with Gasteiger partial charge in [-0.1, -0.05) is 24.3 Å². The largest absolute Gasteiger partial charge is 0.451 e. The van der Waals surface area contributed by atoms with Crippen LogP contribution in [0.25, 0.3) is 27.4 Å². The number of nitrogens with one attached hydrogen (secondary N) is 1. The minimum absolute atomic E-state index is 0.0672. The highest BCUT2D eigenvalue weighted by Crippen LogP contribution is 2.49. The maximum absolute atomic E-state index is 16.3. The third-order valence-electron chi connectivity index (χ3n) is 9.06. The van der Waals surface area contributed by atoms with Crippen molar-refractivity contribution in [2.45, 2.75) is 52.7 Å². The van der Waals surface area contributed by atoms with Crippen LogP contribution in [-0.2, 0) is 4.74 Å². The van der Waals surface area contributed by atoms with Gasteiger partial charge in [-0.15, -0.1) is 0 Å². The van der Waals surface area contributed by atoms with Crippen LogP contribution < -0.4 is 31.8 Å². The molecule has 5 N–H and O–H groups in total. The molecule has 4 heterocycles. The molecule has 4 aromatic rings. The van der Waals surface area contributed by atoms with Crippen LogP contribution in [0.2, 0.25) is 0 Å². The van der Waals surface area contributed by atoms with E-state index in [0.29, 0.717) is 49.7 Å². The molecule has 3 aliphatic rings. The normalized spacial score (nSPS) is 17.5. The number of hydrogen-bond acceptors (Lipinski definition) is 7. The van der Waals surface area contributed by atoms with E-state index in [9.17, 15) is 14.4 Å². The molecule has 1 aromatic heterocycles. The maximum atomic E-state index is 16.3. The zero-order chi connectivity index (χ0) is 35.0. The highest BCUT2D eigenvalue weighted by Gasteiger charge is 2.44. The van der Waals surface area contributed by atoms with Gasteiger partial charge in [0.15, 0.2) is 23.3 Å². The van der Waals surface area contributed by atoms with E-state index in [1.165, 1.54) is 12.3 Å². The Balaban J connectivity index is 0.000000639. The lowest BCUT2D eigenvalue weighted by molar-refractivity contribution is 0.0474. The maximum Gasteiger partial charge on any atom is 0.410 e. The molecule has 12 nitrogen and oxygen atoms in total. The first kappa shape index (κ1) is 33.6. The second-order valence-electron chi connectivity index (χ2n) is 12.7. The van der Waals surface area contributed by atoms with Crippen LogP contribution >= 0.6 is 0 Å². The van der Waals surface area contributed by atoms with Gasteiger partial charge in [-0.05, 0) is 75.4 Å². The Morgan fingerprint density at radius 2 is 1.86 bits per heavy atom. The molecule has 0 bridgehead atoms. The number of guanidine groups is 1. The zero-order valence-electron chi connectivity index (χ0n) is 28.2. The van der Waals surface area contributed by atoms with Gasteiger partial charge in [0.1, 0.15) is 16.8 Å². The van der Waals surface area contributed by atoms with Crippen molar-refractivity contribution < 1.29 is 23.5 Å². The molecule has 3 aliphatic heterocycles. The molecule has 2 saturated heterocycles. The number of hydrogen-bond donors (Lipinski definition) is 3. The van der Waals surface area contributed by atoms with Crippen LogP contribution in [0.15, 0.2) is 58.4 Å². The average molecular weight is 672 g/mol. The van der Waals surface area contributed by atoms with E-state index in [0.717, 1.165) is 23.6 Å². The number of amides is 2. The molecule has 0 aliphatic carbocycles. The predicted molar refractivity (Wildman–Crippen MR) is 188 cm³/mol. The van der Waals surface area contributed by atoms with Crippen molar-refractivity contribution in [3.8, 4) is 17.2 Å². The van der Waals surface area contributed by atoms with E-state index >= 15 is 4.39 Å². The summed E-state index contributed by atoms with van der Waals surface area (Å²) in [6.45, 7) is 9.84. The fourth-order valence-corrected chi connectivity index (χ4v) is 7.04. The molecule has 258 valence electrons. The van der Waals surface area contributed by atoms with Gasteiger partial charge in [0, 0.05) is 38.9 Å². The van der Waals surface area contributed by atoms with E-state index in [-0.39, 0.29) is 52.5 Å². The van der Waals surface area contributed by atoms with Crippen molar-refractivity contribution >= 4 is 45.3 Å². The molecule has 0 radical (unpaired) electrons. The third-order valence-corrected chi connectivity index (χ3v) is 9.06. The summed E-state index contributed by atoms with van der Waals surface area (Å²) in [5.74, 6) is -0.111. The van der Waals surface area contributed by atoms with E-state index in [4.69, 9.17) is 20.9 Å². The Kier molecular flexibility index (Phi) is 9.35. The van der Waals surface area contributed by atoms with Gasteiger partial charge in [0.2, 0.25) is 5.43 Å². The Hall–Kier alpha value is -5.33. The molecular formula is C36H42FN7O5. The highest BCUT2D eigenvalue weighted by atomic mass is 19.1. The lowest BCUT2D eigenvalue weighted by Gasteiger charge is -2.36. The first-order valence-corrected chi connectivity index (χ1v) is 16.7. The number of carbonyl (C=O) groups is 2. The van der Waals surface area contributed by atoms with Crippen LogP contribution in [0.3, 0.4) is 0 Å². The predicted octanol–water partition coefficient (Wildman–Crippen LogP) is 4.86. The van der Waals surface area contributed by atoms with Crippen molar-refractivity contribution in [1.29, 1.82) is 0 Å². The summed E-state index contributed by atoms with van der Waals surface area (Å²) in [5.41, 5.74) is 10.5. The number of anilines is 1.